The Morgan fingerprint density at radius 3 is 2.77 bits per heavy atom. The molecule has 3 heterocycles. The Morgan fingerprint density at radius 2 is 2.08 bits per heavy atom. The van der Waals surface area contributed by atoms with Crippen molar-refractivity contribution in [2.45, 2.75) is 41.8 Å². The van der Waals surface area contributed by atoms with E-state index in [4.69, 9.17) is 22.0 Å². The minimum absolute atomic E-state index is 0.0795. The third-order valence-corrected chi connectivity index (χ3v) is 6.10. The number of anilines is 1. The lowest BCUT2D eigenvalue weighted by Crippen LogP contribution is -2.48. The number of rotatable bonds is 3. The molecule has 0 amide bonds. The Labute approximate surface area is 162 Å². The monoisotopic (exact) mass is 390 g/mol. The Morgan fingerprint density at radius 1 is 1.31 bits per heavy atom. The van der Waals surface area contributed by atoms with Gasteiger partial charge in [0.15, 0.2) is 0 Å². The zero-order valence-corrected chi connectivity index (χ0v) is 16.1. The standard InChI is InChI=1S/C17H20BClN4O2S/c1-17(20)2-4-23(5-3-17)14-8-22-15(9-21-14)26-12-6-11-10-25-18(24)16(11)13(19)7-12/h6-9,24H,2-5,10,20H2,1H3. The van der Waals surface area contributed by atoms with E-state index in [1.165, 1.54) is 11.8 Å². The van der Waals surface area contributed by atoms with Crippen molar-refractivity contribution in [3.05, 3.63) is 35.1 Å². The number of hydrogen-bond acceptors (Lipinski definition) is 7. The van der Waals surface area contributed by atoms with Gasteiger partial charge in [-0.3, -0.25) is 0 Å². The fourth-order valence-electron chi connectivity index (χ4n) is 3.25. The third-order valence-electron chi connectivity index (χ3n) is 4.90. The van der Waals surface area contributed by atoms with Crippen molar-refractivity contribution < 1.29 is 9.68 Å². The summed E-state index contributed by atoms with van der Waals surface area (Å²) >= 11 is 7.77. The number of hydrogen-bond donors (Lipinski definition) is 2. The summed E-state index contributed by atoms with van der Waals surface area (Å²) in [5, 5.41) is 11.1. The van der Waals surface area contributed by atoms with Crippen LogP contribution in [-0.4, -0.2) is 40.7 Å². The smallest absolute Gasteiger partial charge is 0.423 e. The summed E-state index contributed by atoms with van der Waals surface area (Å²) in [6.45, 7) is 4.26. The molecule has 0 radical (unpaired) electrons. The van der Waals surface area contributed by atoms with E-state index in [0.29, 0.717) is 17.1 Å². The molecule has 0 unspecified atom stereocenters. The number of fused-ring (bicyclic) bond motifs is 1. The minimum atomic E-state index is -0.935. The highest BCUT2D eigenvalue weighted by Crippen LogP contribution is 2.31. The molecule has 1 fully saturated rings. The lowest BCUT2D eigenvalue weighted by molar-refractivity contribution is 0.275. The first-order valence-corrected chi connectivity index (χ1v) is 9.76. The van der Waals surface area contributed by atoms with Gasteiger partial charge in [0, 0.05) is 34.0 Å². The summed E-state index contributed by atoms with van der Waals surface area (Å²) in [6.07, 6.45) is 5.49. The average molecular weight is 391 g/mol. The van der Waals surface area contributed by atoms with E-state index in [9.17, 15) is 5.02 Å². The van der Waals surface area contributed by atoms with Crippen LogP contribution in [0.4, 0.5) is 5.82 Å². The van der Waals surface area contributed by atoms with Crippen LogP contribution >= 0.6 is 23.4 Å². The molecule has 26 heavy (non-hydrogen) atoms. The Hall–Kier alpha value is -1.32. The van der Waals surface area contributed by atoms with Gasteiger partial charge in [0.1, 0.15) is 10.8 Å². The highest BCUT2D eigenvalue weighted by molar-refractivity contribution is 7.99. The summed E-state index contributed by atoms with van der Waals surface area (Å²) in [5.74, 6) is 0.883. The zero-order valence-electron chi connectivity index (χ0n) is 14.5. The van der Waals surface area contributed by atoms with E-state index in [1.807, 2.05) is 18.3 Å². The molecule has 6 nitrogen and oxygen atoms in total. The first-order valence-electron chi connectivity index (χ1n) is 8.57. The molecule has 0 bridgehead atoms. The SMILES string of the molecule is CC1(N)CCN(c2cnc(Sc3cc(Cl)c4c(c3)COB4O)cn2)CC1. The van der Waals surface area contributed by atoms with Gasteiger partial charge in [0.2, 0.25) is 0 Å². The van der Waals surface area contributed by atoms with Gasteiger partial charge in [0.25, 0.3) is 0 Å². The number of nitrogens with two attached hydrogens (primary N) is 1. The summed E-state index contributed by atoms with van der Waals surface area (Å²) in [4.78, 5) is 12.3. The van der Waals surface area contributed by atoms with E-state index in [0.717, 1.165) is 47.2 Å². The second-order valence-electron chi connectivity index (χ2n) is 7.10. The molecule has 2 aliphatic rings. The number of benzene rings is 1. The van der Waals surface area contributed by atoms with Gasteiger partial charge < -0.3 is 20.3 Å². The molecule has 1 saturated heterocycles. The molecule has 2 aliphatic heterocycles. The van der Waals surface area contributed by atoms with Gasteiger partial charge >= 0.3 is 7.12 Å². The first-order chi connectivity index (χ1) is 12.4. The van der Waals surface area contributed by atoms with E-state index in [1.54, 1.807) is 6.20 Å². The van der Waals surface area contributed by atoms with Crippen LogP contribution in [0.5, 0.6) is 0 Å². The van der Waals surface area contributed by atoms with E-state index >= 15 is 0 Å². The van der Waals surface area contributed by atoms with E-state index < -0.39 is 7.12 Å². The number of aromatic nitrogens is 2. The maximum absolute atomic E-state index is 9.78. The molecule has 3 N–H and O–H groups in total. The molecule has 1 aromatic heterocycles. The van der Waals surface area contributed by atoms with Crippen LogP contribution in [0.1, 0.15) is 25.3 Å². The highest BCUT2D eigenvalue weighted by atomic mass is 35.5. The molecule has 4 rings (SSSR count). The third kappa shape index (κ3) is 3.70. The molecule has 1 aromatic carbocycles. The average Bonchev–Trinajstić information content (AvgIpc) is 2.97. The lowest BCUT2D eigenvalue weighted by Gasteiger charge is -2.37. The second kappa shape index (κ2) is 7.01. The zero-order chi connectivity index (χ0) is 18.3. The van der Waals surface area contributed by atoms with Crippen LogP contribution in [-0.2, 0) is 11.3 Å². The quantitative estimate of drug-likeness (QED) is 0.773. The topological polar surface area (TPSA) is 84.5 Å². The molecule has 0 aliphatic carbocycles. The molecule has 0 atom stereocenters. The van der Waals surface area contributed by atoms with Gasteiger partial charge in [-0.2, -0.15) is 0 Å². The Balaban J connectivity index is 1.46. The van der Waals surface area contributed by atoms with E-state index in [-0.39, 0.29) is 5.54 Å². The predicted octanol–water partition coefficient (Wildman–Crippen LogP) is 1.82. The maximum Gasteiger partial charge on any atom is 0.493 e. The molecular weight excluding hydrogens is 371 g/mol. The summed E-state index contributed by atoms with van der Waals surface area (Å²) in [6, 6.07) is 3.80. The van der Waals surface area contributed by atoms with Gasteiger partial charge in [-0.1, -0.05) is 23.4 Å². The second-order valence-corrected chi connectivity index (χ2v) is 8.60. The van der Waals surface area contributed by atoms with Crippen molar-refractivity contribution in [2.24, 2.45) is 5.73 Å². The van der Waals surface area contributed by atoms with Crippen LogP contribution in [0.2, 0.25) is 5.02 Å². The van der Waals surface area contributed by atoms with Crippen molar-refractivity contribution in [1.82, 2.24) is 9.97 Å². The fourth-order valence-corrected chi connectivity index (χ4v) is 4.47. The van der Waals surface area contributed by atoms with Gasteiger partial charge in [-0.25, -0.2) is 9.97 Å². The molecule has 136 valence electrons. The largest absolute Gasteiger partial charge is 0.493 e. The molecule has 0 spiro atoms. The lowest BCUT2D eigenvalue weighted by atomic mass is 9.79. The predicted molar refractivity (Wildman–Crippen MR) is 104 cm³/mol. The van der Waals surface area contributed by atoms with Gasteiger partial charge in [0.05, 0.1) is 19.0 Å². The Bertz CT molecular complexity index is 811. The highest BCUT2D eigenvalue weighted by Gasteiger charge is 2.30. The maximum atomic E-state index is 9.78. The van der Waals surface area contributed by atoms with E-state index in [2.05, 4.69) is 21.8 Å². The van der Waals surface area contributed by atoms with Crippen molar-refractivity contribution in [3.8, 4) is 0 Å². The minimum Gasteiger partial charge on any atom is -0.423 e. The summed E-state index contributed by atoms with van der Waals surface area (Å²) < 4.78 is 5.23. The van der Waals surface area contributed by atoms with Crippen molar-refractivity contribution in [3.63, 3.8) is 0 Å². The van der Waals surface area contributed by atoms with Crippen LogP contribution in [0.15, 0.2) is 34.4 Å². The van der Waals surface area contributed by atoms with Crippen molar-refractivity contribution >= 4 is 41.8 Å². The first kappa shape index (κ1) is 18.1. The van der Waals surface area contributed by atoms with Gasteiger partial charge in [-0.05, 0) is 37.5 Å². The summed E-state index contributed by atoms with van der Waals surface area (Å²) in [7, 11) is -0.935. The molecule has 0 saturated carbocycles. The molecule has 2 aromatic rings. The van der Waals surface area contributed by atoms with Crippen LogP contribution in [0.3, 0.4) is 0 Å². The van der Waals surface area contributed by atoms with Crippen molar-refractivity contribution in [2.75, 3.05) is 18.0 Å². The molecule has 9 heteroatoms. The number of piperidine rings is 1. The number of nitrogens with zero attached hydrogens (tertiary/aromatic N) is 3. The fraction of sp³-hybridized carbons (Fsp3) is 0.412. The summed E-state index contributed by atoms with van der Waals surface area (Å²) in [5.41, 5.74) is 7.68. The van der Waals surface area contributed by atoms with Crippen LogP contribution in [0, 0.1) is 0 Å². The van der Waals surface area contributed by atoms with Crippen molar-refractivity contribution in [1.29, 1.82) is 0 Å². The van der Waals surface area contributed by atoms with Gasteiger partial charge in [-0.15, -0.1) is 0 Å². The molecular formula is C17H20BClN4O2S. The van der Waals surface area contributed by atoms with Crippen LogP contribution in [0.25, 0.3) is 0 Å². The normalized spacial score (nSPS) is 18.9. The number of halogens is 1. The van der Waals surface area contributed by atoms with Crippen LogP contribution < -0.4 is 16.1 Å². The Kier molecular flexibility index (Phi) is 4.87.